The number of carbonyl (C=O) groups is 1. The van der Waals surface area contributed by atoms with E-state index in [2.05, 4.69) is 5.32 Å². The Morgan fingerprint density at radius 3 is 2.83 bits per heavy atom. The average Bonchev–Trinajstić information content (AvgIpc) is 2.54. The number of para-hydroxylation sites is 1. The van der Waals surface area contributed by atoms with Crippen molar-refractivity contribution < 1.29 is 19.0 Å². The molecule has 3 rings (SSSR count). The summed E-state index contributed by atoms with van der Waals surface area (Å²) in [6.45, 7) is 6.58. The molecule has 2 bridgehead atoms. The number of thiocarbonyl (C=S) groups is 1. The van der Waals surface area contributed by atoms with Crippen LogP contribution < -0.4 is 14.8 Å². The number of esters is 1. The molecule has 1 aromatic rings. The normalized spacial score (nSPS) is 27.7. The molecule has 0 aromatic heterocycles. The molecule has 6 nitrogen and oxygen atoms in total. The molecule has 0 unspecified atom stereocenters. The van der Waals surface area contributed by atoms with Crippen LogP contribution in [0.25, 0.3) is 0 Å². The molecule has 2 aliphatic heterocycles. The van der Waals surface area contributed by atoms with Crippen LogP contribution in [-0.4, -0.2) is 42.0 Å². The molecule has 2 heterocycles. The Labute approximate surface area is 147 Å². The number of carbonyl (C=O) groups excluding carboxylic acids is 1. The lowest BCUT2D eigenvalue weighted by molar-refractivity contribution is -0.175. The zero-order valence-corrected chi connectivity index (χ0v) is 15.1. The van der Waals surface area contributed by atoms with E-state index in [0.717, 1.165) is 5.56 Å². The Kier molecular flexibility index (Phi) is 4.29. The molecular weight excluding hydrogens is 328 g/mol. The van der Waals surface area contributed by atoms with Crippen LogP contribution >= 0.6 is 12.2 Å². The van der Waals surface area contributed by atoms with Crippen molar-refractivity contribution in [1.29, 1.82) is 0 Å². The number of nitrogens with zero attached hydrogens (tertiary/aromatic N) is 1. The van der Waals surface area contributed by atoms with Gasteiger partial charge in [0.15, 0.2) is 22.3 Å². The minimum atomic E-state index is -0.935. The number of fused-ring (bicyclic) bond motifs is 4. The summed E-state index contributed by atoms with van der Waals surface area (Å²) in [5.41, 5.74) is -0.0849. The number of methoxy groups -OCH3 is 1. The maximum atomic E-state index is 12.7. The molecule has 0 aliphatic carbocycles. The first-order valence-electron chi connectivity index (χ1n) is 8.08. The first kappa shape index (κ1) is 16.8. The molecule has 0 saturated carbocycles. The number of benzene rings is 1. The maximum absolute atomic E-state index is 12.7. The summed E-state index contributed by atoms with van der Waals surface area (Å²) in [6, 6.07) is 5.33. The molecule has 0 spiro atoms. The fraction of sp³-hybridized carbons (Fsp3) is 0.529. The van der Waals surface area contributed by atoms with Crippen LogP contribution in [0.4, 0.5) is 0 Å². The molecule has 0 amide bonds. The first-order valence-corrected chi connectivity index (χ1v) is 8.49. The second-order valence-electron chi connectivity index (χ2n) is 5.94. The predicted molar refractivity (Wildman–Crippen MR) is 93.0 cm³/mol. The molecule has 3 atom stereocenters. The van der Waals surface area contributed by atoms with Crippen molar-refractivity contribution >= 4 is 23.3 Å². The number of rotatable bonds is 4. The summed E-state index contributed by atoms with van der Waals surface area (Å²) in [4.78, 5) is 14.6. The molecule has 1 aromatic carbocycles. The van der Waals surface area contributed by atoms with Gasteiger partial charge in [-0.15, -0.1) is 0 Å². The summed E-state index contributed by atoms with van der Waals surface area (Å²) < 4.78 is 17.1. The molecule has 130 valence electrons. The van der Waals surface area contributed by atoms with Crippen molar-refractivity contribution in [3.05, 3.63) is 23.8 Å². The van der Waals surface area contributed by atoms with Crippen molar-refractivity contribution in [3.63, 3.8) is 0 Å². The van der Waals surface area contributed by atoms with E-state index in [1.165, 1.54) is 0 Å². The van der Waals surface area contributed by atoms with Crippen LogP contribution in [-0.2, 0) is 9.53 Å². The highest BCUT2D eigenvalue weighted by atomic mass is 32.1. The summed E-state index contributed by atoms with van der Waals surface area (Å²) in [5, 5.41) is 3.86. The smallest absolute Gasteiger partial charge is 0.317 e. The van der Waals surface area contributed by atoms with Gasteiger partial charge in [0.05, 0.1) is 19.8 Å². The molecule has 0 radical (unpaired) electrons. The fourth-order valence-corrected chi connectivity index (χ4v) is 4.08. The third-order valence-corrected chi connectivity index (χ3v) is 5.04. The van der Waals surface area contributed by atoms with Gasteiger partial charge in [-0.1, -0.05) is 12.1 Å². The van der Waals surface area contributed by atoms with Gasteiger partial charge in [-0.25, -0.2) is 0 Å². The van der Waals surface area contributed by atoms with Gasteiger partial charge < -0.3 is 24.4 Å². The number of ether oxygens (including phenoxy) is 3. The van der Waals surface area contributed by atoms with Gasteiger partial charge in [0, 0.05) is 12.1 Å². The Hall–Kier alpha value is -2.02. The average molecular weight is 350 g/mol. The molecule has 24 heavy (non-hydrogen) atoms. The minimum Gasteiger partial charge on any atom is -0.493 e. The third-order valence-electron chi connectivity index (χ3n) is 4.70. The van der Waals surface area contributed by atoms with Crippen LogP contribution in [0.5, 0.6) is 11.5 Å². The van der Waals surface area contributed by atoms with Gasteiger partial charge in [-0.2, -0.15) is 0 Å². The van der Waals surface area contributed by atoms with Gasteiger partial charge in [-0.3, -0.25) is 4.79 Å². The topological polar surface area (TPSA) is 60.0 Å². The standard InChI is InChI=1S/C17H22N2O4S/c1-5-19-16(24)18-13-10-8-7-9-11(21-4)14(10)23-17(19,3)12(13)15(20)22-6-2/h7-9,12-13H,5-6H2,1-4H3,(H,18,24)/t12-,13+,17+/m0/s1. The Balaban J connectivity index is 2.18. The van der Waals surface area contributed by atoms with Crippen molar-refractivity contribution in [2.24, 2.45) is 5.92 Å². The number of hydrogen-bond acceptors (Lipinski definition) is 5. The molecule has 7 heteroatoms. The van der Waals surface area contributed by atoms with Gasteiger partial charge in [0.25, 0.3) is 0 Å². The first-order chi connectivity index (χ1) is 11.5. The monoisotopic (exact) mass is 350 g/mol. The highest BCUT2D eigenvalue weighted by Gasteiger charge is 2.59. The van der Waals surface area contributed by atoms with E-state index >= 15 is 0 Å². The predicted octanol–water partition coefficient (Wildman–Crippen LogP) is 2.23. The summed E-state index contributed by atoms with van der Waals surface area (Å²) in [6.07, 6.45) is 0. The lowest BCUT2D eigenvalue weighted by Crippen LogP contribution is -2.71. The van der Waals surface area contributed by atoms with E-state index in [1.807, 2.05) is 36.9 Å². The van der Waals surface area contributed by atoms with Crippen LogP contribution in [0.2, 0.25) is 0 Å². The van der Waals surface area contributed by atoms with Crippen LogP contribution in [0.3, 0.4) is 0 Å². The quantitative estimate of drug-likeness (QED) is 0.660. The van der Waals surface area contributed by atoms with E-state index in [4.69, 9.17) is 26.4 Å². The Morgan fingerprint density at radius 2 is 2.21 bits per heavy atom. The van der Waals surface area contributed by atoms with Gasteiger partial charge in [-0.05, 0) is 39.1 Å². The Morgan fingerprint density at radius 1 is 1.46 bits per heavy atom. The summed E-state index contributed by atoms with van der Waals surface area (Å²) in [5.74, 6) is 0.439. The van der Waals surface area contributed by atoms with Crippen molar-refractivity contribution in [1.82, 2.24) is 10.2 Å². The van der Waals surface area contributed by atoms with Crippen molar-refractivity contribution in [2.45, 2.75) is 32.5 Å². The highest BCUT2D eigenvalue weighted by molar-refractivity contribution is 7.80. The molecule has 2 aliphatic rings. The highest BCUT2D eigenvalue weighted by Crippen LogP contribution is 2.51. The Bertz CT molecular complexity index is 681. The summed E-state index contributed by atoms with van der Waals surface area (Å²) in [7, 11) is 1.60. The SMILES string of the molecule is CCOC(=O)[C@@H]1[C@@H]2NC(=S)N(CC)[C@]1(C)Oc1c(OC)cccc12. The van der Waals surface area contributed by atoms with Gasteiger partial charge in [0.2, 0.25) is 0 Å². The fourth-order valence-electron chi connectivity index (χ4n) is 3.65. The van der Waals surface area contributed by atoms with Crippen molar-refractivity contribution in [2.75, 3.05) is 20.3 Å². The van der Waals surface area contributed by atoms with E-state index in [1.54, 1.807) is 14.0 Å². The lowest BCUT2D eigenvalue weighted by atomic mass is 9.79. The van der Waals surface area contributed by atoms with E-state index in [-0.39, 0.29) is 12.0 Å². The largest absolute Gasteiger partial charge is 0.493 e. The summed E-state index contributed by atoms with van der Waals surface area (Å²) >= 11 is 5.50. The number of nitrogens with one attached hydrogen (secondary N) is 1. The van der Waals surface area contributed by atoms with Gasteiger partial charge in [0.1, 0.15) is 5.92 Å². The van der Waals surface area contributed by atoms with E-state index in [9.17, 15) is 4.79 Å². The van der Waals surface area contributed by atoms with Crippen LogP contribution in [0, 0.1) is 5.92 Å². The van der Waals surface area contributed by atoms with E-state index in [0.29, 0.717) is 29.8 Å². The number of hydrogen-bond donors (Lipinski definition) is 1. The third kappa shape index (κ3) is 2.30. The molecular formula is C17H22N2O4S. The molecule has 1 fully saturated rings. The maximum Gasteiger partial charge on any atom is 0.317 e. The molecule has 1 saturated heterocycles. The zero-order valence-electron chi connectivity index (χ0n) is 14.3. The second kappa shape index (κ2) is 6.12. The van der Waals surface area contributed by atoms with Crippen LogP contribution in [0.1, 0.15) is 32.4 Å². The van der Waals surface area contributed by atoms with Crippen molar-refractivity contribution in [3.8, 4) is 11.5 Å². The minimum absolute atomic E-state index is 0.299. The van der Waals surface area contributed by atoms with E-state index < -0.39 is 11.6 Å². The lowest BCUT2D eigenvalue weighted by Gasteiger charge is -2.55. The zero-order chi connectivity index (χ0) is 17.5. The second-order valence-corrected chi connectivity index (χ2v) is 6.32. The molecule has 1 N–H and O–H groups in total. The van der Waals surface area contributed by atoms with Crippen LogP contribution in [0.15, 0.2) is 18.2 Å². The van der Waals surface area contributed by atoms with Gasteiger partial charge >= 0.3 is 5.97 Å².